The van der Waals surface area contributed by atoms with Gasteiger partial charge in [0.05, 0.1) is 19.1 Å². The third-order valence-electron chi connectivity index (χ3n) is 5.14. The minimum Gasteiger partial charge on any atom is -0.494 e. The average molecular weight is 351 g/mol. The largest absolute Gasteiger partial charge is 0.494 e. The lowest BCUT2D eigenvalue weighted by Gasteiger charge is -2.35. The molecule has 1 unspecified atom stereocenters. The highest BCUT2D eigenvalue weighted by Crippen LogP contribution is 2.33. The molecule has 2 aliphatic rings. The number of methoxy groups -OCH3 is 1. The van der Waals surface area contributed by atoms with Gasteiger partial charge in [-0.15, -0.1) is 0 Å². The summed E-state index contributed by atoms with van der Waals surface area (Å²) in [5, 5.41) is 9.28. The van der Waals surface area contributed by atoms with Gasteiger partial charge >= 0.3 is 5.97 Å². The lowest BCUT2D eigenvalue weighted by molar-refractivity contribution is -0.145. The van der Waals surface area contributed by atoms with E-state index < -0.39 is 17.7 Å². The molecule has 0 aliphatic carbocycles. The second kappa shape index (κ2) is 7.39. The Hall–Kier alpha value is -2.15. The monoisotopic (exact) mass is 351 g/mol. The number of halogens is 1. The molecule has 1 aromatic carbocycles. The van der Waals surface area contributed by atoms with Gasteiger partial charge in [0, 0.05) is 25.3 Å². The van der Waals surface area contributed by atoms with Crippen LogP contribution in [-0.2, 0) is 9.53 Å². The number of benzene rings is 1. The van der Waals surface area contributed by atoms with Crippen LogP contribution in [0.15, 0.2) is 18.2 Å². The van der Waals surface area contributed by atoms with Gasteiger partial charge in [-0.1, -0.05) is 0 Å². The summed E-state index contributed by atoms with van der Waals surface area (Å²) in [5.41, 5.74) is 0.289. The summed E-state index contributed by atoms with van der Waals surface area (Å²) in [5.74, 6) is -1.81. The first-order chi connectivity index (χ1) is 12.0. The first-order valence-corrected chi connectivity index (χ1v) is 8.48. The molecular formula is C18H22FNO5. The maximum absolute atomic E-state index is 13.8. The molecule has 136 valence electrons. The highest BCUT2D eigenvalue weighted by Gasteiger charge is 2.40. The molecule has 1 amide bonds. The van der Waals surface area contributed by atoms with E-state index in [4.69, 9.17) is 9.47 Å². The fourth-order valence-corrected chi connectivity index (χ4v) is 3.75. The molecule has 0 saturated carbocycles. The molecule has 1 aromatic rings. The Morgan fingerprint density at radius 3 is 2.60 bits per heavy atom. The summed E-state index contributed by atoms with van der Waals surface area (Å²) in [6.45, 7) is 1.51. The van der Waals surface area contributed by atoms with Crippen molar-refractivity contribution in [2.24, 2.45) is 11.8 Å². The van der Waals surface area contributed by atoms with Gasteiger partial charge < -0.3 is 19.5 Å². The summed E-state index contributed by atoms with van der Waals surface area (Å²) in [6.07, 6.45) is 1.66. The van der Waals surface area contributed by atoms with Crippen LogP contribution >= 0.6 is 0 Å². The van der Waals surface area contributed by atoms with E-state index >= 15 is 0 Å². The van der Waals surface area contributed by atoms with E-state index in [1.165, 1.54) is 19.2 Å². The number of rotatable bonds is 4. The highest BCUT2D eigenvalue weighted by atomic mass is 19.1. The zero-order valence-electron chi connectivity index (χ0n) is 14.1. The van der Waals surface area contributed by atoms with Crippen LogP contribution in [0.5, 0.6) is 5.75 Å². The van der Waals surface area contributed by atoms with E-state index in [0.717, 1.165) is 0 Å². The van der Waals surface area contributed by atoms with Crippen molar-refractivity contribution in [2.75, 3.05) is 26.8 Å². The second-order valence-corrected chi connectivity index (χ2v) is 6.55. The van der Waals surface area contributed by atoms with Crippen LogP contribution in [0.4, 0.5) is 4.39 Å². The van der Waals surface area contributed by atoms with Crippen molar-refractivity contribution in [3.63, 3.8) is 0 Å². The maximum Gasteiger partial charge on any atom is 0.309 e. The number of amides is 1. The number of hydrogen-bond donors (Lipinski definition) is 1. The standard InChI is InChI=1S/C18H22FNO5/c1-24-15-3-2-12(10-14(15)19)17(21)20-7-4-11(5-8-20)16-13(18(22)23)6-9-25-16/h2-3,10-11,13,16H,4-9H2,1H3,(H,22,23)/t13?,16-/m0/s1. The highest BCUT2D eigenvalue weighted by molar-refractivity contribution is 5.94. The minimum atomic E-state index is -0.810. The summed E-state index contributed by atoms with van der Waals surface area (Å²) in [4.78, 5) is 25.5. The van der Waals surface area contributed by atoms with Gasteiger partial charge in [-0.25, -0.2) is 4.39 Å². The predicted octanol–water partition coefficient (Wildman–Crippen LogP) is 2.18. The van der Waals surface area contributed by atoms with Crippen molar-refractivity contribution in [3.05, 3.63) is 29.6 Å². The molecule has 1 N–H and O–H groups in total. The quantitative estimate of drug-likeness (QED) is 0.900. The number of carboxylic acids is 1. The van der Waals surface area contributed by atoms with E-state index in [1.54, 1.807) is 11.0 Å². The van der Waals surface area contributed by atoms with Crippen LogP contribution in [0.25, 0.3) is 0 Å². The van der Waals surface area contributed by atoms with E-state index in [2.05, 4.69) is 0 Å². The molecular weight excluding hydrogens is 329 g/mol. The molecule has 3 rings (SSSR count). The molecule has 2 atom stereocenters. The average Bonchev–Trinajstić information content (AvgIpc) is 3.11. The van der Waals surface area contributed by atoms with Crippen molar-refractivity contribution in [3.8, 4) is 5.75 Å². The van der Waals surface area contributed by atoms with Crippen LogP contribution in [0.1, 0.15) is 29.6 Å². The number of aliphatic carboxylic acids is 1. The fourth-order valence-electron chi connectivity index (χ4n) is 3.75. The first kappa shape index (κ1) is 17.7. The number of carbonyl (C=O) groups is 2. The molecule has 0 aromatic heterocycles. The lowest BCUT2D eigenvalue weighted by Crippen LogP contribution is -2.43. The van der Waals surface area contributed by atoms with E-state index in [-0.39, 0.29) is 29.2 Å². The number of hydrogen-bond acceptors (Lipinski definition) is 4. The molecule has 2 saturated heterocycles. The van der Waals surface area contributed by atoms with Crippen LogP contribution in [-0.4, -0.2) is 54.8 Å². The van der Waals surface area contributed by atoms with Gasteiger partial charge in [0.25, 0.3) is 5.91 Å². The van der Waals surface area contributed by atoms with Gasteiger partial charge in [-0.2, -0.15) is 0 Å². The minimum absolute atomic E-state index is 0.105. The topological polar surface area (TPSA) is 76.1 Å². The third kappa shape index (κ3) is 3.61. The molecule has 2 heterocycles. The molecule has 6 nitrogen and oxygen atoms in total. The normalized spacial score (nSPS) is 24.3. The van der Waals surface area contributed by atoms with Gasteiger partial charge in [0.2, 0.25) is 0 Å². The van der Waals surface area contributed by atoms with E-state index in [0.29, 0.717) is 39.0 Å². The predicted molar refractivity (Wildman–Crippen MR) is 87.1 cm³/mol. The van der Waals surface area contributed by atoms with Crippen molar-refractivity contribution in [2.45, 2.75) is 25.4 Å². The summed E-state index contributed by atoms with van der Waals surface area (Å²) >= 11 is 0. The maximum atomic E-state index is 13.8. The van der Waals surface area contributed by atoms with Crippen molar-refractivity contribution in [1.29, 1.82) is 0 Å². The Bertz CT molecular complexity index is 657. The molecule has 2 aliphatic heterocycles. The molecule has 25 heavy (non-hydrogen) atoms. The Morgan fingerprint density at radius 2 is 2.00 bits per heavy atom. The van der Waals surface area contributed by atoms with Gasteiger partial charge in [-0.3, -0.25) is 9.59 Å². The zero-order chi connectivity index (χ0) is 18.0. The van der Waals surface area contributed by atoms with E-state index in [1.807, 2.05) is 0 Å². The van der Waals surface area contributed by atoms with Crippen LogP contribution in [0, 0.1) is 17.7 Å². The summed E-state index contributed by atoms with van der Waals surface area (Å²) in [7, 11) is 1.38. The van der Waals surface area contributed by atoms with E-state index in [9.17, 15) is 19.1 Å². The molecule has 0 bridgehead atoms. The number of carboxylic acid groups (broad SMARTS) is 1. The first-order valence-electron chi connectivity index (χ1n) is 8.48. The van der Waals surface area contributed by atoms with Gasteiger partial charge in [0.15, 0.2) is 11.6 Å². The second-order valence-electron chi connectivity index (χ2n) is 6.55. The van der Waals surface area contributed by atoms with Crippen LogP contribution in [0.3, 0.4) is 0 Å². The SMILES string of the molecule is COc1ccc(C(=O)N2CCC([C@@H]3OCCC3C(=O)O)CC2)cc1F. The molecule has 7 heteroatoms. The smallest absolute Gasteiger partial charge is 0.309 e. The fraction of sp³-hybridized carbons (Fsp3) is 0.556. The van der Waals surface area contributed by atoms with Gasteiger partial charge in [-0.05, 0) is 43.4 Å². The number of likely N-dealkylation sites (tertiary alicyclic amines) is 1. The Balaban J connectivity index is 1.61. The Labute approximate surface area is 145 Å². The van der Waals surface area contributed by atoms with Crippen molar-refractivity contribution in [1.82, 2.24) is 4.90 Å². The van der Waals surface area contributed by atoms with Crippen LogP contribution < -0.4 is 4.74 Å². The number of piperidine rings is 1. The molecule has 0 radical (unpaired) electrons. The lowest BCUT2D eigenvalue weighted by atomic mass is 9.84. The number of carbonyl (C=O) groups excluding carboxylic acids is 1. The Morgan fingerprint density at radius 1 is 1.28 bits per heavy atom. The molecule has 0 spiro atoms. The van der Waals surface area contributed by atoms with Crippen LogP contribution in [0.2, 0.25) is 0 Å². The summed E-state index contributed by atoms with van der Waals surface area (Å²) in [6, 6.07) is 4.18. The number of ether oxygens (including phenoxy) is 2. The Kier molecular flexibility index (Phi) is 5.22. The summed E-state index contributed by atoms with van der Waals surface area (Å²) < 4.78 is 24.3. The van der Waals surface area contributed by atoms with Crippen molar-refractivity contribution < 1.29 is 28.6 Å². The van der Waals surface area contributed by atoms with Gasteiger partial charge in [0.1, 0.15) is 0 Å². The molecule has 2 fully saturated rings. The number of nitrogens with zero attached hydrogens (tertiary/aromatic N) is 1. The van der Waals surface area contributed by atoms with Crippen molar-refractivity contribution >= 4 is 11.9 Å². The third-order valence-corrected chi connectivity index (χ3v) is 5.14. The zero-order valence-corrected chi connectivity index (χ0v) is 14.1.